The van der Waals surface area contributed by atoms with Gasteiger partial charge >= 0.3 is 6.18 Å². The summed E-state index contributed by atoms with van der Waals surface area (Å²) in [6.45, 7) is 0.396. The van der Waals surface area contributed by atoms with Crippen molar-refractivity contribution in [3.63, 3.8) is 0 Å². The van der Waals surface area contributed by atoms with E-state index in [0.717, 1.165) is 0 Å². The zero-order chi connectivity index (χ0) is 12.3. The fourth-order valence-corrected chi connectivity index (χ4v) is 1.83. The Balaban J connectivity index is 2.58. The lowest BCUT2D eigenvalue weighted by molar-refractivity contribution is -0.161. The normalized spacial score (nSPS) is 25.4. The Morgan fingerprint density at radius 2 is 2.19 bits per heavy atom. The third-order valence-electron chi connectivity index (χ3n) is 2.69. The van der Waals surface area contributed by atoms with Crippen LogP contribution in [0.1, 0.15) is 12.8 Å². The van der Waals surface area contributed by atoms with Crippen molar-refractivity contribution < 1.29 is 18.3 Å². The third-order valence-corrected chi connectivity index (χ3v) is 2.69. The molecule has 0 aliphatic carbocycles. The molecule has 0 aromatic carbocycles. The van der Waals surface area contributed by atoms with Crippen LogP contribution >= 0.6 is 0 Å². The second-order valence-corrected chi connectivity index (χ2v) is 4.11. The zero-order valence-electron chi connectivity index (χ0n) is 8.80. The predicted octanol–water partition coefficient (Wildman–Crippen LogP) is 0.558. The van der Waals surface area contributed by atoms with Gasteiger partial charge < -0.3 is 10.8 Å². The van der Waals surface area contributed by atoms with Crippen LogP contribution in [0.2, 0.25) is 0 Å². The lowest BCUT2D eigenvalue weighted by Gasteiger charge is -2.33. The van der Waals surface area contributed by atoms with Gasteiger partial charge in [-0.05, 0) is 19.4 Å². The van der Waals surface area contributed by atoms with Crippen molar-refractivity contribution in [2.24, 2.45) is 11.7 Å². The molecule has 1 heterocycles. The minimum Gasteiger partial charge on any atom is -0.392 e. The fourth-order valence-electron chi connectivity index (χ4n) is 1.83. The average Bonchev–Trinajstić information content (AvgIpc) is 2.12. The first kappa shape index (κ1) is 13.2. The number of rotatable bonds is 3. The maximum Gasteiger partial charge on any atom is 0.399 e. The highest BCUT2D eigenvalue weighted by Crippen LogP contribution is 2.27. The second kappa shape index (κ2) is 5.01. The Bertz CT molecular complexity index is 257. The van der Waals surface area contributed by atoms with Crippen molar-refractivity contribution in [2.75, 3.05) is 19.6 Å². The van der Waals surface area contributed by atoms with Crippen LogP contribution in [0.3, 0.4) is 0 Å². The number of hydrogen-bond acceptors (Lipinski definition) is 3. The summed E-state index contributed by atoms with van der Waals surface area (Å²) < 4.78 is 37.5. The largest absolute Gasteiger partial charge is 0.399 e. The lowest BCUT2D eigenvalue weighted by Crippen LogP contribution is -2.47. The molecule has 4 nitrogen and oxygen atoms in total. The zero-order valence-corrected chi connectivity index (χ0v) is 8.80. The SMILES string of the molecule is N=C(N)C(CN1CCCC(O)C1)C(F)(F)F. The minimum absolute atomic E-state index is 0.222. The van der Waals surface area contributed by atoms with Gasteiger partial charge in [-0.3, -0.25) is 10.3 Å². The number of aliphatic hydroxyl groups is 1. The monoisotopic (exact) mass is 239 g/mol. The van der Waals surface area contributed by atoms with Crippen LogP contribution in [0.4, 0.5) is 13.2 Å². The van der Waals surface area contributed by atoms with E-state index >= 15 is 0 Å². The van der Waals surface area contributed by atoms with Gasteiger partial charge in [0.15, 0.2) is 0 Å². The number of nitrogens with two attached hydrogens (primary N) is 1. The molecule has 16 heavy (non-hydrogen) atoms. The van der Waals surface area contributed by atoms with Gasteiger partial charge in [-0.15, -0.1) is 0 Å². The molecule has 0 aromatic rings. The van der Waals surface area contributed by atoms with Gasteiger partial charge in [0.2, 0.25) is 0 Å². The second-order valence-electron chi connectivity index (χ2n) is 4.11. The number of aliphatic hydroxyl groups excluding tert-OH is 1. The van der Waals surface area contributed by atoms with Crippen molar-refractivity contribution in [2.45, 2.75) is 25.1 Å². The molecule has 0 amide bonds. The molecule has 94 valence electrons. The number of nitrogens with zero attached hydrogens (tertiary/aromatic N) is 1. The standard InChI is InChI=1S/C9H16F3N3O/c10-9(11,12)7(8(13)14)5-15-3-1-2-6(16)4-15/h6-7,16H,1-5H2,(H3,13,14). The lowest BCUT2D eigenvalue weighted by atomic mass is 10.0. The first-order valence-electron chi connectivity index (χ1n) is 5.11. The number of nitrogens with one attached hydrogen (secondary N) is 1. The van der Waals surface area contributed by atoms with Crippen LogP contribution in [-0.2, 0) is 0 Å². The molecule has 0 bridgehead atoms. The Kier molecular flexibility index (Phi) is 4.15. The van der Waals surface area contributed by atoms with Crippen LogP contribution in [-0.4, -0.2) is 47.8 Å². The van der Waals surface area contributed by atoms with Gasteiger partial charge in [-0.1, -0.05) is 0 Å². The smallest absolute Gasteiger partial charge is 0.392 e. The van der Waals surface area contributed by atoms with Crippen molar-refractivity contribution in [3.05, 3.63) is 0 Å². The highest BCUT2D eigenvalue weighted by Gasteiger charge is 2.43. The molecule has 1 rings (SSSR count). The number of likely N-dealkylation sites (tertiary alicyclic amines) is 1. The number of hydrogen-bond donors (Lipinski definition) is 3. The summed E-state index contributed by atoms with van der Waals surface area (Å²) >= 11 is 0. The topological polar surface area (TPSA) is 73.3 Å². The molecule has 0 spiro atoms. The summed E-state index contributed by atoms with van der Waals surface area (Å²) in [4.78, 5) is 1.51. The van der Waals surface area contributed by atoms with E-state index < -0.39 is 24.0 Å². The van der Waals surface area contributed by atoms with Gasteiger partial charge in [-0.2, -0.15) is 13.2 Å². The molecule has 7 heteroatoms. The third kappa shape index (κ3) is 3.64. The Labute approximate surface area is 91.7 Å². The number of piperidine rings is 1. The Morgan fingerprint density at radius 3 is 2.62 bits per heavy atom. The number of β-amino-alcohol motifs (C(OH)–C–C–N with tert-alkyl or cyclic N) is 1. The molecule has 2 atom stereocenters. The van der Waals surface area contributed by atoms with E-state index in [1.54, 1.807) is 0 Å². The van der Waals surface area contributed by atoms with Gasteiger partial charge in [0.25, 0.3) is 0 Å². The maximum absolute atomic E-state index is 12.5. The van der Waals surface area contributed by atoms with E-state index in [2.05, 4.69) is 0 Å². The van der Waals surface area contributed by atoms with Gasteiger partial charge in [0.05, 0.1) is 6.10 Å². The summed E-state index contributed by atoms with van der Waals surface area (Å²) in [7, 11) is 0. The van der Waals surface area contributed by atoms with Gasteiger partial charge in [0.1, 0.15) is 11.8 Å². The van der Waals surface area contributed by atoms with E-state index in [-0.39, 0.29) is 13.1 Å². The van der Waals surface area contributed by atoms with Crippen LogP contribution in [0.15, 0.2) is 0 Å². The number of amidine groups is 1. The van der Waals surface area contributed by atoms with Crippen molar-refractivity contribution in [1.82, 2.24) is 4.90 Å². The summed E-state index contributed by atoms with van der Waals surface area (Å²) in [6, 6.07) is 0. The molecule has 0 radical (unpaired) electrons. The van der Waals surface area contributed by atoms with E-state index in [1.165, 1.54) is 4.90 Å². The predicted molar refractivity (Wildman–Crippen MR) is 53.1 cm³/mol. The average molecular weight is 239 g/mol. The van der Waals surface area contributed by atoms with Gasteiger partial charge in [0, 0.05) is 13.1 Å². The number of alkyl halides is 3. The van der Waals surface area contributed by atoms with E-state index in [4.69, 9.17) is 11.1 Å². The highest BCUT2D eigenvalue weighted by atomic mass is 19.4. The van der Waals surface area contributed by atoms with E-state index in [1.807, 2.05) is 0 Å². The summed E-state index contributed by atoms with van der Waals surface area (Å²) in [5, 5.41) is 16.3. The molecule has 0 aromatic heterocycles. The number of halogens is 3. The first-order chi connectivity index (χ1) is 7.30. The minimum atomic E-state index is -4.49. The molecular weight excluding hydrogens is 223 g/mol. The fraction of sp³-hybridized carbons (Fsp3) is 0.889. The van der Waals surface area contributed by atoms with E-state index in [0.29, 0.717) is 19.4 Å². The first-order valence-corrected chi connectivity index (χ1v) is 5.11. The summed E-state index contributed by atoms with van der Waals surface area (Å²) in [6.07, 6.45) is -3.78. The Morgan fingerprint density at radius 1 is 1.56 bits per heavy atom. The van der Waals surface area contributed by atoms with Crippen molar-refractivity contribution in [3.8, 4) is 0 Å². The molecule has 1 aliphatic rings. The molecular formula is C9H16F3N3O. The Hall–Kier alpha value is -0.820. The molecule has 1 fully saturated rings. The van der Waals surface area contributed by atoms with E-state index in [9.17, 15) is 18.3 Å². The van der Waals surface area contributed by atoms with Crippen LogP contribution < -0.4 is 5.73 Å². The van der Waals surface area contributed by atoms with Crippen LogP contribution in [0.25, 0.3) is 0 Å². The summed E-state index contributed by atoms with van der Waals surface area (Å²) in [5.74, 6) is -2.80. The van der Waals surface area contributed by atoms with Crippen LogP contribution in [0, 0.1) is 11.3 Å². The van der Waals surface area contributed by atoms with Gasteiger partial charge in [-0.25, -0.2) is 0 Å². The quantitative estimate of drug-likeness (QED) is 0.497. The molecule has 1 saturated heterocycles. The maximum atomic E-state index is 12.5. The van der Waals surface area contributed by atoms with Crippen molar-refractivity contribution in [1.29, 1.82) is 5.41 Å². The molecule has 4 N–H and O–H groups in total. The molecule has 1 aliphatic heterocycles. The van der Waals surface area contributed by atoms with Crippen molar-refractivity contribution >= 4 is 5.84 Å². The summed E-state index contributed by atoms with van der Waals surface area (Å²) in [5.41, 5.74) is 4.95. The molecule has 0 saturated carbocycles. The highest BCUT2D eigenvalue weighted by molar-refractivity contribution is 5.80. The molecule has 2 unspecified atom stereocenters. The van der Waals surface area contributed by atoms with Crippen LogP contribution in [0.5, 0.6) is 0 Å².